The van der Waals surface area contributed by atoms with Gasteiger partial charge in [0.25, 0.3) is 0 Å². The Kier molecular flexibility index (Phi) is 5.33. The van der Waals surface area contributed by atoms with E-state index >= 15 is 0 Å². The molecule has 5 nitrogen and oxygen atoms in total. The number of ketones is 2. The number of carbonyl (C=O) groups excluding carboxylic acids is 2. The number of allylic oxidation sites excluding steroid dienone is 1. The number of Topliss-reactive ketones (excluding diaryl/α,β-unsaturated/α-hetero) is 2. The Labute approximate surface area is 131 Å². The molecule has 1 fully saturated rings. The Bertz CT molecular complexity index is 573. The van der Waals surface area contributed by atoms with Gasteiger partial charge in [-0.25, -0.2) is 0 Å². The van der Waals surface area contributed by atoms with Crippen LogP contribution in [0.2, 0.25) is 0 Å². The highest BCUT2D eigenvalue weighted by Gasteiger charge is 2.31. The van der Waals surface area contributed by atoms with Gasteiger partial charge in [-0.15, -0.1) is 0 Å². The van der Waals surface area contributed by atoms with Crippen molar-refractivity contribution >= 4 is 17.3 Å². The first-order valence-corrected chi connectivity index (χ1v) is 7.48. The molecular weight excluding hydrogens is 278 g/mol. The molecule has 0 radical (unpaired) electrons. The summed E-state index contributed by atoms with van der Waals surface area (Å²) in [5, 5.41) is 3.04. The van der Waals surface area contributed by atoms with Crippen LogP contribution in [0.3, 0.4) is 0 Å². The van der Waals surface area contributed by atoms with Gasteiger partial charge in [0.1, 0.15) is 0 Å². The molecule has 1 aliphatic carbocycles. The topological polar surface area (TPSA) is 75.4 Å². The maximum Gasteiger partial charge on any atom is 0.168 e. The normalized spacial score (nSPS) is 18.7. The molecule has 0 unspecified atom stereocenters. The Morgan fingerprint density at radius 2 is 1.86 bits per heavy atom. The molecule has 22 heavy (non-hydrogen) atoms. The summed E-state index contributed by atoms with van der Waals surface area (Å²) < 4.78 is 0. The maximum atomic E-state index is 12.2. The van der Waals surface area contributed by atoms with E-state index in [2.05, 4.69) is 5.32 Å². The zero-order valence-corrected chi connectivity index (χ0v) is 13.1. The molecule has 2 rings (SSSR count). The SMILES string of the molecule is CN(C)CCNC=C1C(=O)CC(c2ccccc2N)CC1=O. The number of carbonyl (C=O) groups is 2. The maximum absolute atomic E-state index is 12.2. The number of nitrogens with one attached hydrogen (secondary N) is 1. The van der Waals surface area contributed by atoms with E-state index in [1.807, 2.05) is 37.2 Å². The summed E-state index contributed by atoms with van der Waals surface area (Å²) >= 11 is 0. The van der Waals surface area contributed by atoms with Crippen molar-refractivity contribution in [1.82, 2.24) is 10.2 Å². The molecule has 0 amide bonds. The molecule has 0 aliphatic heterocycles. The summed E-state index contributed by atoms with van der Waals surface area (Å²) in [6.07, 6.45) is 2.24. The average Bonchev–Trinajstić information content (AvgIpc) is 2.45. The largest absolute Gasteiger partial charge is 0.398 e. The second kappa shape index (κ2) is 7.22. The first-order valence-electron chi connectivity index (χ1n) is 7.48. The lowest BCUT2D eigenvalue weighted by Gasteiger charge is -2.23. The van der Waals surface area contributed by atoms with E-state index in [9.17, 15) is 9.59 Å². The molecule has 3 N–H and O–H groups in total. The summed E-state index contributed by atoms with van der Waals surface area (Å²) in [6, 6.07) is 7.43. The van der Waals surface area contributed by atoms with Crippen molar-refractivity contribution in [2.45, 2.75) is 18.8 Å². The third-order valence-corrected chi connectivity index (χ3v) is 3.85. The highest BCUT2D eigenvalue weighted by Crippen LogP contribution is 2.34. The van der Waals surface area contributed by atoms with Gasteiger partial charge in [-0.1, -0.05) is 18.2 Å². The van der Waals surface area contributed by atoms with Crippen molar-refractivity contribution in [3.63, 3.8) is 0 Å². The van der Waals surface area contributed by atoms with Crippen LogP contribution in [0.5, 0.6) is 0 Å². The van der Waals surface area contributed by atoms with E-state index in [1.165, 1.54) is 0 Å². The Hall–Kier alpha value is -2.14. The number of benzene rings is 1. The second-order valence-electron chi connectivity index (χ2n) is 5.90. The van der Waals surface area contributed by atoms with Crippen LogP contribution in [0.15, 0.2) is 36.0 Å². The molecule has 0 saturated heterocycles. The Balaban J connectivity index is 2.03. The number of hydrogen-bond donors (Lipinski definition) is 2. The quantitative estimate of drug-likeness (QED) is 0.371. The lowest BCUT2D eigenvalue weighted by molar-refractivity contribution is -0.124. The molecule has 5 heteroatoms. The van der Waals surface area contributed by atoms with Gasteiger partial charge in [0, 0.05) is 43.7 Å². The molecule has 1 saturated carbocycles. The molecule has 1 aromatic rings. The fraction of sp³-hybridized carbons (Fsp3) is 0.412. The predicted octanol–water partition coefficient (Wildman–Crippen LogP) is 1.32. The second-order valence-corrected chi connectivity index (χ2v) is 5.90. The summed E-state index contributed by atoms with van der Waals surface area (Å²) in [7, 11) is 3.95. The van der Waals surface area contributed by atoms with E-state index in [-0.39, 0.29) is 23.1 Å². The minimum atomic E-state index is -0.111. The Morgan fingerprint density at radius 3 is 2.45 bits per heavy atom. The van der Waals surface area contributed by atoms with E-state index in [4.69, 9.17) is 5.73 Å². The average molecular weight is 301 g/mol. The minimum absolute atomic E-state index is 0.109. The molecule has 0 atom stereocenters. The van der Waals surface area contributed by atoms with Gasteiger partial charge in [-0.2, -0.15) is 0 Å². The van der Waals surface area contributed by atoms with Crippen LogP contribution in [-0.4, -0.2) is 43.7 Å². The number of nitrogens with two attached hydrogens (primary N) is 1. The number of hydrogen-bond acceptors (Lipinski definition) is 5. The smallest absolute Gasteiger partial charge is 0.168 e. The third-order valence-electron chi connectivity index (χ3n) is 3.85. The molecule has 0 aromatic heterocycles. The van der Waals surface area contributed by atoms with Crippen LogP contribution in [0.25, 0.3) is 0 Å². The molecule has 0 spiro atoms. The minimum Gasteiger partial charge on any atom is -0.398 e. The molecule has 0 bridgehead atoms. The lowest BCUT2D eigenvalue weighted by Crippen LogP contribution is -2.28. The van der Waals surface area contributed by atoms with Crippen LogP contribution in [-0.2, 0) is 9.59 Å². The summed E-state index contributed by atoms with van der Waals surface area (Å²) in [5.41, 5.74) is 7.77. The van der Waals surface area contributed by atoms with Crippen LogP contribution in [0.1, 0.15) is 24.3 Å². The number of likely N-dealkylation sites (N-methyl/N-ethyl adjacent to an activating group) is 1. The fourth-order valence-electron chi connectivity index (χ4n) is 2.62. The van der Waals surface area contributed by atoms with E-state index < -0.39 is 0 Å². The van der Waals surface area contributed by atoms with Crippen molar-refractivity contribution in [3.05, 3.63) is 41.6 Å². The van der Waals surface area contributed by atoms with Gasteiger partial charge in [0.2, 0.25) is 0 Å². The van der Waals surface area contributed by atoms with Gasteiger partial charge in [0.05, 0.1) is 5.57 Å². The standard InChI is InChI=1S/C17H23N3O2/c1-20(2)8-7-19-11-14-16(21)9-12(10-17(14)22)13-5-3-4-6-15(13)18/h3-6,11-12,19H,7-10,18H2,1-2H3. The zero-order chi connectivity index (χ0) is 16.1. The number of nitrogen functional groups attached to an aromatic ring is 1. The molecule has 118 valence electrons. The molecule has 0 heterocycles. The van der Waals surface area contributed by atoms with E-state index in [0.717, 1.165) is 12.1 Å². The van der Waals surface area contributed by atoms with Gasteiger partial charge < -0.3 is 16.0 Å². The number of nitrogens with zero attached hydrogens (tertiary/aromatic N) is 1. The van der Waals surface area contributed by atoms with Crippen molar-refractivity contribution in [1.29, 1.82) is 0 Å². The highest BCUT2D eigenvalue weighted by molar-refractivity contribution is 6.22. The van der Waals surface area contributed by atoms with Crippen molar-refractivity contribution in [3.8, 4) is 0 Å². The van der Waals surface area contributed by atoms with Crippen LogP contribution in [0.4, 0.5) is 5.69 Å². The zero-order valence-electron chi connectivity index (χ0n) is 13.1. The van der Waals surface area contributed by atoms with E-state index in [0.29, 0.717) is 25.1 Å². The van der Waals surface area contributed by atoms with Crippen LogP contribution < -0.4 is 11.1 Å². The first kappa shape index (κ1) is 16.2. The van der Waals surface area contributed by atoms with Gasteiger partial charge >= 0.3 is 0 Å². The summed E-state index contributed by atoms with van der Waals surface area (Å²) in [4.78, 5) is 26.5. The number of para-hydroxylation sites is 1. The van der Waals surface area contributed by atoms with Crippen molar-refractivity contribution in [2.24, 2.45) is 0 Å². The monoisotopic (exact) mass is 301 g/mol. The molecule has 1 aliphatic rings. The number of rotatable bonds is 5. The van der Waals surface area contributed by atoms with Crippen molar-refractivity contribution < 1.29 is 9.59 Å². The summed E-state index contributed by atoms with van der Waals surface area (Å²) in [6.45, 7) is 1.54. The first-order chi connectivity index (χ1) is 10.5. The number of anilines is 1. The lowest BCUT2D eigenvalue weighted by atomic mass is 9.80. The van der Waals surface area contributed by atoms with Gasteiger partial charge in [0.15, 0.2) is 11.6 Å². The molecular formula is C17H23N3O2. The Morgan fingerprint density at radius 1 is 1.23 bits per heavy atom. The van der Waals surface area contributed by atoms with Crippen molar-refractivity contribution in [2.75, 3.05) is 32.9 Å². The summed E-state index contributed by atoms with van der Waals surface area (Å²) in [5.74, 6) is -0.330. The highest BCUT2D eigenvalue weighted by atomic mass is 16.1. The van der Waals surface area contributed by atoms with Crippen LogP contribution >= 0.6 is 0 Å². The predicted molar refractivity (Wildman–Crippen MR) is 87.5 cm³/mol. The van der Waals surface area contributed by atoms with Gasteiger partial charge in [-0.05, 0) is 25.7 Å². The van der Waals surface area contributed by atoms with E-state index in [1.54, 1.807) is 12.3 Å². The van der Waals surface area contributed by atoms with Crippen LogP contribution in [0, 0.1) is 0 Å². The third kappa shape index (κ3) is 3.95. The fourth-order valence-corrected chi connectivity index (χ4v) is 2.62. The van der Waals surface area contributed by atoms with Gasteiger partial charge in [-0.3, -0.25) is 9.59 Å². The molecule has 1 aromatic carbocycles.